The highest BCUT2D eigenvalue weighted by Gasteiger charge is 2.14. The van der Waals surface area contributed by atoms with Gasteiger partial charge in [0.25, 0.3) is 5.91 Å². The Morgan fingerprint density at radius 3 is 2.26 bits per heavy atom. The molecule has 0 aliphatic rings. The molecular formula is C23H24N2OS. The van der Waals surface area contributed by atoms with Crippen LogP contribution in [0.25, 0.3) is 10.8 Å². The van der Waals surface area contributed by atoms with E-state index in [2.05, 4.69) is 61.7 Å². The van der Waals surface area contributed by atoms with Gasteiger partial charge in [0, 0.05) is 12.1 Å². The fraction of sp³-hybridized carbons (Fsp3) is 0.217. The maximum absolute atomic E-state index is 12.4. The van der Waals surface area contributed by atoms with Gasteiger partial charge in [0.05, 0.1) is 0 Å². The van der Waals surface area contributed by atoms with Crippen molar-refractivity contribution in [3.63, 3.8) is 0 Å². The topological polar surface area (TPSA) is 41.1 Å². The van der Waals surface area contributed by atoms with E-state index in [0.717, 1.165) is 5.56 Å². The van der Waals surface area contributed by atoms with Crippen LogP contribution in [-0.4, -0.2) is 11.0 Å². The highest BCUT2D eigenvalue weighted by Crippen LogP contribution is 2.22. The summed E-state index contributed by atoms with van der Waals surface area (Å²) in [6.07, 6.45) is 0. The summed E-state index contributed by atoms with van der Waals surface area (Å²) in [5.74, 6) is -0.202. The second kappa shape index (κ2) is 7.89. The highest BCUT2D eigenvalue weighted by atomic mass is 32.1. The number of thiocarbonyl (C=S) groups is 1. The van der Waals surface area contributed by atoms with Crippen LogP contribution in [0.3, 0.4) is 0 Å². The molecule has 27 heavy (non-hydrogen) atoms. The molecule has 0 heterocycles. The summed E-state index contributed by atoms with van der Waals surface area (Å²) in [4.78, 5) is 12.4. The van der Waals surface area contributed by atoms with Gasteiger partial charge in [-0.2, -0.15) is 0 Å². The predicted octanol–water partition coefficient (Wildman–Crippen LogP) is 4.94. The minimum atomic E-state index is -0.202. The standard InChI is InChI=1S/C23H24N2OS/c1-23(2,3)20-12-10-18(11-13-20)21(26)25-22(27)24-15-16-8-9-17-6-4-5-7-19(17)14-16/h4-14H,15H2,1-3H3,(H2,24,25,26,27). The minimum absolute atomic E-state index is 0.0612. The molecule has 138 valence electrons. The monoisotopic (exact) mass is 376 g/mol. The van der Waals surface area contributed by atoms with Gasteiger partial charge in [-0.3, -0.25) is 10.1 Å². The second-order valence-corrected chi connectivity index (χ2v) is 8.05. The van der Waals surface area contributed by atoms with E-state index in [0.29, 0.717) is 17.2 Å². The largest absolute Gasteiger partial charge is 0.358 e. The summed E-state index contributed by atoms with van der Waals surface area (Å²) in [6, 6.07) is 22.1. The molecule has 0 saturated heterocycles. The normalized spacial score (nSPS) is 11.2. The van der Waals surface area contributed by atoms with Crippen molar-refractivity contribution in [3.8, 4) is 0 Å². The molecule has 1 amide bonds. The van der Waals surface area contributed by atoms with Gasteiger partial charge in [0.15, 0.2) is 5.11 Å². The fourth-order valence-electron chi connectivity index (χ4n) is 2.87. The first-order valence-electron chi connectivity index (χ1n) is 9.00. The number of carbonyl (C=O) groups is 1. The smallest absolute Gasteiger partial charge is 0.257 e. The molecule has 0 saturated carbocycles. The zero-order valence-electron chi connectivity index (χ0n) is 15.9. The van der Waals surface area contributed by atoms with Crippen molar-refractivity contribution in [1.29, 1.82) is 0 Å². The van der Waals surface area contributed by atoms with Crippen molar-refractivity contribution < 1.29 is 4.79 Å². The van der Waals surface area contributed by atoms with E-state index in [1.54, 1.807) is 0 Å². The van der Waals surface area contributed by atoms with Crippen molar-refractivity contribution in [2.45, 2.75) is 32.7 Å². The molecule has 3 nitrogen and oxygen atoms in total. The quantitative estimate of drug-likeness (QED) is 0.636. The highest BCUT2D eigenvalue weighted by molar-refractivity contribution is 7.80. The van der Waals surface area contributed by atoms with Crippen LogP contribution in [0.15, 0.2) is 66.7 Å². The molecule has 0 unspecified atom stereocenters. The number of amides is 1. The van der Waals surface area contributed by atoms with Gasteiger partial charge >= 0.3 is 0 Å². The van der Waals surface area contributed by atoms with Gasteiger partial charge in [-0.05, 0) is 57.7 Å². The molecule has 0 aliphatic heterocycles. The summed E-state index contributed by atoms with van der Waals surface area (Å²) in [5, 5.41) is 8.56. The summed E-state index contributed by atoms with van der Waals surface area (Å²) in [6.45, 7) is 7.00. The number of nitrogens with one attached hydrogen (secondary N) is 2. The number of fused-ring (bicyclic) bond motifs is 1. The molecular weight excluding hydrogens is 352 g/mol. The second-order valence-electron chi connectivity index (χ2n) is 7.65. The Bertz CT molecular complexity index is 972. The molecule has 0 aromatic heterocycles. The Hall–Kier alpha value is -2.72. The van der Waals surface area contributed by atoms with Gasteiger partial charge < -0.3 is 5.32 Å². The van der Waals surface area contributed by atoms with E-state index >= 15 is 0 Å². The van der Waals surface area contributed by atoms with E-state index in [9.17, 15) is 4.79 Å². The SMILES string of the molecule is CC(C)(C)c1ccc(C(=O)NC(=S)NCc2ccc3ccccc3c2)cc1. The molecule has 0 radical (unpaired) electrons. The van der Waals surface area contributed by atoms with Crippen LogP contribution in [0.5, 0.6) is 0 Å². The van der Waals surface area contributed by atoms with Gasteiger partial charge in [-0.1, -0.05) is 69.3 Å². The Morgan fingerprint density at radius 2 is 1.59 bits per heavy atom. The Balaban J connectivity index is 1.57. The number of carbonyl (C=O) groups excluding carboxylic acids is 1. The van der Waals surface area contributed by atoms with Crippen molar-refractivity contribution in [2.24, 2.45) is 0 Å². The Kier molecular flexibility index (Phi) is 5.57. The van der Waals surface area contributed by atoms with Crippen LogP contribution in [-0.2, 0) is 12.0 Å². The van der Waals surface area contributed by atoms with Crippen LogP contribution >= 0.6 is 12.2 Å². The maximum atomic E-state index is 12.4. The minimum Gasteiger partial charge on any atom is -0.358 e. The molecule has 0 spiro atoms. The average molecular weight is 377 g/mol. The maximum Gasteiger partial charge on any atom is 0.257 e. The zero-order valence-corrected chi connectivity index (χ0v) is 16.7. The summed E-state index contributed by atoms with van der Waals surface area (Å²) < 4.78 is 0. The molecule has 3 aromatic carbocycles. The molecule has 0 bridgehead atoms. The van der Waals surface area contributed by atoms with Crippen molar-refractivity contribution in [3.05, 3.63) is 83.4 Å². The van der Waals surface area contributed by atoms with Crippen molar-refractivity contribution in [1.82, 2.24) is 10.6 Å². The Labute approximate surface area is 165 Å². The van der Waals surface area contributed by atoms with E-state index in [-0.39, 0.29) is 11.3 Å². The number of hydrogen-bond acceptors (Lipinski definition) is 2. The van der Waals surface area contributed by atoms with Crippen LogP contribution < -0.4 is 10.6 Å². The van der Waals surface area contributed by atoms with Crippen molar-refractivity contribution >= 4 is 34.0 Å². The first-order chi connectivity index (χ1) is 12.8. The van der Waals surface area contributed by atoms with Crippen molar-refractivity contribution in [2.75, 3.05) is 0 Å². The number of benzene rings is 3. The lowest BCUT2D eigenvalue weighted by molar-refractivity contribution is 0.0976. The number of hydrogen-bond donors (Lipinski definition) is 2. The van der Waals surface area contributed by atoms with E-state index < -0.39 is 0 Å². The average Bonchev–Trinajstić information content (AvgIpc) is 2.65. The molecule has 0 aliphatic carbocycles. The summed E-state index contributed by atoms with van der Waals surface area (Å²) >= 11 is 5.27. The lowest BCUT2D eigenvalue weighted by Crippen LogP contribution is -2.38. The van der Waals surface area contributed by atoms with Crippen LogP contribution in [0, 0.1) is 0 Å². The molecule has 0 atom stereocenters. The molecule has 4 heteroatoms. The predicted molar refractivity (Wildman–Crippen MR) is 116 cm³/mol. The van der Waals surface area contributed by atoms with Crippen LogP contribution in [0.4, 0.5) is 0 Å². The Morgan fingerprint density at radius 1 is 0.926 bits per heavy atom. The first kappa shape index (κ1) is 19.1. The van der Waals surface area contributed by atoms with Gasteiger partial charge in [-0.15, -0.1) is 0 Å². The first-order valence-corrected chi connectivity index (χ1v) is 9.41. The van der Waals surface area contributed by atoms with Crippen LogP contribution in [0.1, 0.15) is 42.3 Å². The molecule has 2 N–H and O–H groups in total. The third-order valence-electron chi connectivity index (χ3n) is 4.51. The number of rotatable bonds is 3. The van der Waals surface area contributed by atoms with Gasteiger partial charge in [0.1, 0.15) is 0 Å². The summed E-state index contributed by atoms with van der Waals surface area (Å²) in [7, 11) is 0. The third kappa shape index (κ3) is 4.92. The molecule has 3 aromatic rings. The van der Waals surface area contributed by atoms with E-state index in [1.165, 1.54) is 16.3 Å². The van der Waals surface area contributed by atoms with Gasteiger partial charge in [-0.25, -0.2) is 0 Å². The van der Waals surface area contributed by atoms with Crippen LogP contribution in [0.2, 0.25) is 0 Å². The molecule has 3 rings (SSSR count). The zero-order chi connectivity index (χ0) is 19.4. The lowest BCUT2D eigenvalue weighted by Gasteiger charge is -2.19. The van der Waals surface area contributed by atoms with E-state index in [1.807, 2.05) is 36.4 Å². The lowest BCUT2D eigenvalue weighted by atomic mass is 9.87. The van der Waals surface area contributed by atoms with Gasteiger partial charge in [0.2, 0.25) is 0 Å². The van der Waals surface area contributed by atoms with E-state index in [4.69, 9.17) is 12.2 Å². The summed E-state index contributed by atoms with van der Waals surface area (Å²) in [5.41, 5.74) is 2.96. The fourth-order valence-corrected chi connectivity index (χ4v) is 3.04. The third-order valence-corrected chi connectivity index (χ3v) is 4.75. The molecule has 0 fully saturated rings.